The van der Waals surface area contributed by atoms with Crippen molar-refractivity contribution in [2.75, 3.05) is 60.0 Å². The molecule has 0 atom stereocenters. The second-order valence-electron chi connectivity index (χ2n) is 6.24. The van der Waals surface area contributed by atoms with Crippen LogP contribution < -0.4 is 10.6 Å². The number of piperazine rings is 1. The van der Waals surface area contributed by atoms with E-state index in [1.165, 1.54) is 6.07 Å². The van der Waals surface area contributed by atoms with Gasteiger partial charge in [-0.25, -0.2) is 8.78 Å². The van der Waals surface area contributed by atoms with Crippen LogP contribution in [0, 0.1) is 11.6 Å². The van der Waals surface area contributed by atoms with Crippen LogP contribution in [0.3, 0.4) is 0 Å². The fourth-order valence-corrected chi connectivity index (χ4v) is 2.85. The quantitative estimate of drug-likeness (QED) is 0.406. The minimum atomic E-state index is -0.472. The Labute approximate surface area is 158 Å². The van der Waals surface area contributed by atoms with E-state index in [4.69, 9.17) is 4.74 Å². The summed E-state index contributed by atoms with van der Waals surface area (Å²) in [6.07, 6.45) is 0. The smallest absolute Gasteiger partial charge is 0.234 e. The van der Waals surface area contributed by atoms with E-state index >= 15 is 0 Å². The van der Waals surface area contributed by atoms with Crippen LogP contribution in [0.25, 0.3) is 0 Å². The van der Waals surface area contributed by atoms with E-state index in [0.29, 0.717) is 51.8 Å². The molecule has 1 aromatic carbocycles. The SMILES string of the molecule is CN=C(NCc1cc(F)ccc1F)N1CCN(CC(=O)NCCOC)CC1. The first-order valence-corrected chi connectivity index (χ1v) is 8.91. The fraction of sp³-hybridized carbons (Fsp3) is 0.556. The first kappa shape index (κ1) is 21.0. The average molecular weight is 383 g/mol. The molecule has 1 amide bonds. The van der Waals surface area contributed by atoms with Crippen molar-refractivity contribution in [1.82, 2.24) is 20.4 Å². The molecule has 0 bridgehead atoms. The van der Waals surface area contributed by atoms with E-state index in [0.717, 1.165) is 12.1 Å². The number of rotatable bonds is 7. The van der Waals surface area contributed by atoms with Crippen LogP contribution in [-0.4, -0.2) is 81.7 Å². The van der Waals surface area contributed by atoms with Crippen LogP contribution in [0.1, 0.15) is 5.56 Å². The summed E-state index contributed by atoms with van der Waals surface area (Å²) in [4.78, 5) is 20.2. The number of carbonyl (C=O) groups excluding carboxylic acids is 1. The molecule has 1 aliphatic heterocycles. The summed E-state index contributed by atoms with van der Waals surface area (Å²) >= 11 is 0. The van der Waals surface area contributed by atoms with Crippen LogP contribution >= 0.6 is 0 Å². The van der Waals surface area contributed by atoms with Crippen LogP contribution in [0.2, 0.25) is 0 Å². The molecule has 2 rings (SSSR count). The van der Waals surface area contributed by atoms with Gasteiger partial charge in [0.2, 0.25) is 5.91 Å². The predicted octanol–water partition coefficient (Wildman–Crippen LogP) is 0.420. The van der Waals surface area contributed by atoms with Crippen molar-refractivity contribution in [3.8, 4) is 0 Å². The molecule has 0 saturated carbocycles. The van der Waals surface area contributed by atoms with Gasteiger partial charge in [-0.3, -0.25) is 14.7 Å². The van der Waals surface area contributed by atoms with Gasteiger partial charge in [0.25, 0.3) is 0 Å². The molecule has 0 radical (unpaired) electrons. The molecule has 1 fully saturated rings. The van der Waals surface area contributed by atoms with E-state index in [9.17, 15) is 13.6 Å². The zero-order chi connectivity index (χ0) is 19.6. The van der Waals surface area contributed by atoms with Crippen LogP contribution in [0.4, 0.5) is 8.78 Å². The standard InChI is InChI=1S/C18H27F2N5O2/c1-21-18(23-12-14-11-15(19)3-4-16(14)20)25-8-6-24(7-9-25)13-17(26)22-5-10-27-2/h3-4,11H,5-10,12-13H2,1-2H3,(H,21,23)(H,22,26). The maximum absolute atomic E-state index is 13.7. The van der Waals surface area contributed by atoms with Gasteiger partial charge in [0.05, 0.1) is 13.2 Å². The monoisotopic (exact) mass is 383 g/mol. The van der Waals surface area contributed by atoms with Crippen molar-refractivity contribution >= 4 is 11.9 Å². The number of aliphatic imine (C=N–C) groups is 1. The van der Waals surface area contributed by atoms with Crippen LogP contribution in [-0.2, 0) is 16.1 Å². The largest absolute Gasteiger partial charge is 0.383 e. The van der Waals surface area contributed by atoms with Crippen molar-refractivity contribution in [2.45, 2.75) is 6.54 Å². The number of amides is 1. The number of ether oxygens (including phenoxy) is 1. The highest BCUT2D eigenvalue weighted by Gasteiger charge is 2.21. The van der Waals surface area contributed by atoms with Gasteiger partial charge < -0.3 is 20.3 Å². The molecule has 1 heterocycles. The second kappa shape index (κ2) is 10.8. The Hall–Kier alpha value is -2.26. The number of carbonyl (C=O) groups is 1. The highest BCUT2D eigenvalue weighted by Crippen LogP contribution is 2.10. The van der Waals surface area contributed by atoms with Crippen molar-refractivity contribution in [3.05, 3.63) is 35.4 Å². The summed E-state index contributed by atoms with van der Waals surface area (Å²) in [6, 6.07) is 3.39. The van der Waals surface area contributed by atoms with Gasteiger partial charge in [-0.1, -0.05) is 0 Å². The predicted molar refractivity (Wildman–Crippen MR) is 99.5 cm³/mol. The Bertz CT molecular complexity index is 649. The van der Waals surface area contributed by atoms with Crippen molar-refractivity contribution in [2.24, 2.45) is 4.99 Å². The highest BCUT2D eigenvalue weighted by molar-refractivity contribution is 5.80. The summed E-state index contributed by atoms with van der Waals surface area (Å²) in [5.74, 6) is -0.323. The number of hydrogen-bond acceptors (Lipinski definition) is 4. The lowest BCUT2D eigenvalue weighted by molar-refractivity contribution is -0.122. The molecule has 1 aromatic rings. The summed E-state index contributed by atoms with van der Waals surface area (Å²) < 4.78 is 31.9. The Balaban J connectivity index is 1.78. The number of benzene rings is 1. The highest BCUT2D eigenvalue weighted by atomic mass is 19.1. The third-order valence-electron chi connectivity index (χ3n) is 4.32. The summed E-state index contributed by atoms with van der Waals surface area (Å²) in [5, 5.41) is 5.87. The normalized spacial score (nSPS) is 15.7. The summed E-state index contributed by atoms with van der Waals surface area (Å²) in [7, 11) is 3.24. The molecular weight excluding hydrogens is 356 g/mol. The van der Waals surface area contributed by atoms with Gasteiger partial charge in [0, 0.05) is 59.0 Å². The lowest BCUT2D eigenvalue weighted by Crippen LogP contribution is -2.54. The molecule has 150 valence electrons. The minimum absolute atomic E-state index is 0.0235. The van der Waals surface area contributed by atoms with Gasteiger partial charge in [0.15, 0.2) is 5.96 Å². The van der Waals surface area contributed by atoms with E-state index < -0.39 is 11.6 Å². The zero-order valence-corrected chi connectivity index (χ0v) is 15.8. The average Bonchev–Trinajstić information content (AvgIpc) is 2.66. The molecule has 7 nitrogen and oxygen atoms in total. The molecule has 0 aliphatic carbocycles. The van der Waals surface area contributed by atoms with E-state index in [1.807, 2.05) is 4.90 Å². The Morgan fingerprint density at radius 3 is 2.63 bits per heavy atom. The van der Waals surface area contributed by atoms with Gasteiger partial charge >= 0.3 is 0 Å². The molecule has 0 unspecified atom stereocenters. The Morgan fingerprint density at radius 1 is 1.22 bits per heavy atom. The number of nitrogens with one attached hydrogen (secondary N) is 2. The molecule has 9 heteroatoms. The van der Waals surface area contributed by atoms with Crippen molar-refractivity contribution < 1.29 is 18.3 Å². The Kier molecular flexibility index (Phi) is 8.41. The number of nitrogens with zero attached hydrogens (tertiary/aromatic N) is 3. The summed E-state index contributed by atoms with van der Waals surface area (Å²) in [6.45, 7) is 4.30. The van der Waals surface area contributed by atoms with E-state index in [1.54, 1.807) is 14.2 Å². The second-order valence-corrected chi connectivity index (χ2v) is 6.24. The van der Waals surface area contributed by atoms with Crippen LogP contribution in [0.5, 0.6) is 0 Å². The van der Waals surface area contributed by atoms with Crippen molar-refractivity contribution in [3.63, 3.8) is 0 Å². The molecule has 1 saturated heterocycles. The molecule has 2 N–H and O–H groups in total. The third kappa shape index (κ3) is 6.76. The molecule has 0 spiro atoms. The zero-order valence-electron chi connectivity index (χ0n) is 15.8. The Morgan fingerprint density at radius 2 is 1.96 bits per heavy atom. The van der Waals surface area contributed by atoms with Gasteiger partial charge in [-0.2, -0.15) is 0 Å². The topological polar surface area (TPSA) is 69.2 Å². The first-order chi connectivity index (χ1) is 13.0. The number of halogens is 2. The lowest BCUT2D eigenvalue weighted by atomic mass is 10.2. The first-order valence-electron chi connectivity index (χ1n) is 8.91. The molecule has 27 heavy (non-hydrogen) atoms. The van der Waals surface area contributed by atoms with Gasteiger partial charge in [0.1, 0.15) is 11.6 Å². The maximum Gasteiger partial charge on any atom is 0.234 e. The van der Waals surface area contributed by atoms with Crippen LogP contribution in [0.15, 0.2) is 23.2 Å². The lowest BCUT2D eigenvalue weighted by Gasteiger charge is -2.36. The van der Waals surface area contributed by atoms with Crippen molar-refractivity contribution in [1.29, 1.82) is 0 Å². The molecular formula is C18H27F2N5O2. The molecule has 1 aliphatic rings. The minimum Gasteiger partial charge on any atom is -0.383 e. The number of methoxy groups -OCH3 is 1. The van der Waals surface area contributed by atoms with Gasteiger partial charge in [-0.05, 0) is 18.2 Å². The molecule has 0 aromatic heterocycles. The van der Waals surface area contributed by atoms with E-state index in [-0.39, 0.29) is 18.0 Å². The fourth-order valence-electron chi connectivity index (χ4n) is 2.85. The van der Waals surface area contributed by atoms with Gasteiger partial charge in [-0.15, -0.1) is 0 Å². The summed E-state index contributed by atoms with van der Waals surface area (Å²) in [5.41, 5.74) is 0.252. The number of hydrogen-bond donors (Lipinski definition) is 2. The number of guanidine groups is 1. The maximum atomic E-state index is 13.7. The third-order valence-corrected chi connectivity index (χ3v) is 4.32. The van der Waals surface area contributed by atoms with E-state index in [2.05, 4.69) is 20.5 Å².